The molecule has 0 fully saturated rings. The number of pyridine rings is 1. The van der Waals surface area contributed by atoms with E-state index in [1.165, 1.54) is 12.4 Å². The number of aromatic nitrogens is 3. The molecule has 2 heterocycles. The molecule has 8 heteroatoms. The molecule has 0 aliphatic heterocycles. The molecular formula is C20H19N5O3. The number of hydrogen-bond acceptors (Lipinski definition) is 6. The Balaban J connectivity index is 1.80. The maximum absolute atomic E-state index is 11.9. The molecule has 0 aliphatic rings. The number of nitrogens with zero attached hydrogens (tertiary/aromatic N) is 3. The molecule has 8 nitrogen and oxygen atoms in total. The largest absolute Gasteiger partial charge is 0.481 e. The third-order valence-corrected chi connectivity index (χ3v) is 3.99. The molecule has 1 atom stereocenters. The van der Waals surface area contributed by atoms with Crippen molar-refractivity contribution in [3.05, 3.63) is 66.6 Å². The fourth-order valence-corrected chi connectivity index (χ4v) is 2.61. The molecule has 0 spiro atoms. The lowest BCUT2D eigenvalue weighted by Gasteiger charge is -2.16. The van der Waals surface area contributed by atoms with Gasteiger partial charge in [0.05, 0.1) is 18.1 Å². The second-order valence-electron chi connectivity index (χ2n) is 6.08. The van der Waals surface area contributed by atoms with Crippen LogP contribution in [0.4, 0.5) is 11.6 Å². The van der Waals surface area contributed by atoms with Gasteiger partial charge < -0.3 is 15.7 Å². The van der Waals surface area contributed by atoms with Crippen molar-refractivity contribution in [1.82, 2.24) is 15.0 Å². The normalized spacial score (nSPS) is 12.0. The third-order valence-electron chi connectivity index (χ3n) is 3.99. The Kier molecular flexibility index (Phi) is 5.91. The predicted molar refractivity (Wildman–Crippen MR) is 106 cm³/mol. The molecule has 0 bridgehead atoms. The zero-order valence-electron chi connectivity index (χ0n) is 15.2. The van der Waals surface area contributed by atoms with Crippen molar-refractivity contribution in [3.63, 3.8) is 0 Å². The lowest BCUT2D eigenvalue weighted by atomic mass is 10.1. The highest BCUT2D eigenvalue weighted by atomic mass is 16.4. The van der Waals surface area contributed by atoms with Crippen molar-refractivity contribution in [2.45, 2.75) is 19.4 Å². The van der Waals surface area contributed by atoms with Crippen molar-refractivity contribution in [3.8, 4) is 0 Å². The summed E-state index contributed by atoms with van der Waals surface area (Å²) in [5.74, 6) is -0.520. The first-order valence-corrected chi connectivity index (χ1v) is 8.64. The minimum absolute atomic E-state index is 0.0180. The molecule has 3 rings (SSSR count). The van der Waals surface area contributed by atoms with Gasteiger partial charge in [-0.15, -0.1) is 0 Å². The van der Waals surface area contributed by atoms with Crippen LogP contribution in [-0.4, -0.2) is 31.9 Å². The fourth-order valence-electron chi connectivity index (χ4n) is 2.61. The van der Waals surface area contributed by atoms with E-state index in [9.17, 15) is 9.59 Å². The number of anilines is 2. The fraction of sp³-hybridized carbons (Fsp3) is 0.150. The Labute approximate surface area is 161 Å². The van der Waals surface area contributed by atoms with Gasteiger partial charge in [-0.1, -0.05) is 36.4 Å². The van der Waals surface area contributed by atoms with Crippen molar-refractivity contribution < 1.29 is 14.7 Å². The topological polar surface area (TPSA) is 117 Å². The molecule has 0 radical (unpaired) electrons. The molecule has 0 saturated carbocycles. The highest BCUT2D eigenvalue weighted by molar-refractivity contribution is 6.00. The van der Waals surface area contributed by atoms with Gasteiger partial charge in [-0.3, -0.25) is 9.59 Å². The summed E-state index contributed by atoms with van der Waals surface area (Å²) in [7, 11) is 0. The molecule has 2 aromatic heterocycles. The average molecular weight is 377 g/mol. The molecule has 142 valence electrons. The van der Waals surface area contributed by atoms with Gasteiger partial charge in [-0.25, -0.2) is 15.0 Å². The van der Waals surface area contributed by atoms with Gasteiger partial charge in [0.15, 0.2) is 0 Å². The standard InChI is InChI=1S/C20H19N5O3/c1-13(14-6-3-2-4-7-14)24-20-15-10-17(21-11-16(15)22-12-23-20)25-18(26)8-5-9-19(27)28/h2-8,10-13H,9H2,1H3,(H,27,28)(H,21,25,26)(H,22,23,24). The smallest absolute Gasteiger partial charge is 0.307 e. The summed E-state index contributed by atoms with van der Waals surface area (Å²) in [5, 5.41) is 15.3. The van der Waals surface area contributed by atoms with Crippen molar-refractivity contribution in [2.24, 2.45) is 0 Å². The molecule has 1 unspecified atom stereocenters. The van der Waals surface area contributed by atoms with Crippen LogP contribution in [0.5, 0.6) is 0 Å². The van der Waals surface area contributed by atoms with Crippen LogP contribution in [0.25, 0.3) is 10.9 Å². The molecule has 0 saturated heterocycles. The van der Waals surface area contributed by atoms with E-state index in [4.69, 9.17) is 5.11 Å². The summed E-state index contributed by atoms with van der Waals surface area (Å²) in [6.07, 6.45) is 5.22. The van der Waals surface area contributed by atoms with Gasteiger partial charge in [0.2, 0.25) is 5.91 Å². The van der Waals surface area contributed by atoms with Crippen molar-refractivity contribution in [1.29, 1.82) is 0 Å². The molecule has 1 amide bonds. The molecular weight excluding hydrogens is 358 g/mol. The average Bonchev–Trinajstić information content (AvgIpc) is 2.69. The van der Waals surface area contributed by atoms with Gasteiger partial charge in [0.1, 0.15) is 18.0 Å². The van der Waals surface area contributed by atoms with E-state index >= 15 is 0 Å². The second-order valence-corrected chi connectivity index (χ2v) is 6.08. The lowest BCUT2D eigenvalue weighted by molar-refractivity contribution is -0.136. The number of rotatable bonds is 7. The number of fused-ring (bicyclic) bond motifs is 1. The van der Waals surface area contributed by atoms with Crippen molar-refractivity contribution in [2.75, 3.05) is 10.6 Å². The number of amides is 1. The first-order valence-electron chi connectivity index (χ1n) is 8.64. The van der Waals surface area contributed by atoms with Crippen molar-refractivity contribution >= 4 is 34.4 Å². The number of carboxylic acids is 1. The Morgan fingerprint density at radius 1 is 1.18 bits per heavy atom. The molecule has 3 N–H and O–H groups in total. The van der Waals surface area contributed by atoms with E-state index < -0.39 is 11.9 Å². The number of hydrogen-bond donors (Lipinski definition) is 3. The van der Waals surface area contributed by atoms with E-state index in [-0.39, 0.29) is 12.5 Å². The van der Waals surface area contributed by atoms with Crippen LogP contribution >= 0.6 is 0 Å². The zero-order chi connectivity index (χ0) is 19.9. The van der Waals surface area contributed by atoms with Crippen LogP contribution in [0.1, 0.15) is 24.9 Å². The van der Waals surface area contributed by atoms with E-state index in [0.29, 0.717) is 22.5 Å². The van der Waals surface area contributed by atoms with E-state index in [1.54, 1.807) is 12.3 Å². The molecule has 1 aromatic carbocycles. The maximum atomic E-state index is 11.9. The first kappa shape index (κ1) is 19.0. The summed E-state index contributed by atoms with van der Waals surface area (Å²) in [4.78, 5) is 35.1. The zero-order valence-corrected chi connectivity index (χ0v) is 15.2. The van der Waals surface area contributed by atoms with E-state index in [1.807, 2.05) is 37.3 Å². The predicted octanol–water partition coefficient (Wildman–Crippen LogP) is 3.17. The second kappa shape index (κ2) is 8.72. The Morgan fingerprint density at radius 2 is 1.96 bits per heavy atom. The van der Waals surface area contributed by atoms with Gasteiger partial charge in [0.25, 0.3) is 0 Å². The first-order chi connectivity index (χ1) is 13.5. The van der Waals surface area contributed by atoms with Crippen LogP contribution in [0.3, 0.4) is 0 Å². The van der Waals surface area contributed by atoms with E-state index in [2.05, 4.69) is 25.6 Å². The minimum Gasteiger partial charge on any atom is -0.481 e. The molecule has 28 heavy (non-hydrogen) atoms. The highest BCUT2D eigenvalue weighted by Gasteiger charge is 2.11. The number of carboxylic acid groups (broad SMARTS) is 1. The Bertz CT molecular complexity index is 1020. The summed E-state index contributed by atoms with van der Waals surface area (Å²) in [6, 6.07) is 11.7. The highest BCUT2D eigenvalue weighted by Crippen LogP contribution is 2.25. The van der Waals surface area contributed by atoms with Crippen LogP contribution in [0.2, 0.25) is 0 Å². The summed E-state index contributed by atoms with van der Waals surface area (Å²) in [6.45, 7) is 2.03. The summed E-state index contributed by atoms with van der Waals surface area (Å²) in [5.41, 5.74) is 1.75. The minimum atomic E-state index is -1.01. The summed E-state index contributed by atoms with van der Waals surface area (Å²) < 4.78 is 0. The van der Waals surface area contributed by atoms with Crippen LogP contribution in [-0.2, 0) is 9.59 Å². The number of aliphatic carboxylic acids is 1. The van der Waals surface area contributed by atoms with Gasteiger partial charge in [-0.2, -0.15) is 0 Å². The number of carbonyl (C=O) groups excluding carboxylic acids is 1. The lowest BCUT2D eigenvalue weighted by Crippen LogP contribution is -2.11. The third kappa shape index (κ3) is 4.88. The van der Waals surface area contributed by atoms with E-state index in [0.717, 1.165) is 11.6 Å². The van der Waals surface area contributed by atoms with Crippen LogP contribution < -0.4 is 10.6 Å². The number of benzene rings is 1. The maximum Gasteiger partial charge on any atom is 0.307 e. The number of carbonyl (C=O) groups is 2. The van der Waals surface area contributed by atoms with Gasteiger partial charge in [0, 0.05) is 11.4 Å². The van der Waals surface area contributed by atoms with Gasteiger partial charge in [-0.05, 0) is 24.6 Å². The quantitative estimate of drug-likeness (QED) is 0.541. The molecule has 3 aromatic rings. The van der Waals surface area contributed by atoms with Gasteiger partial charge >= 0.3 is 5.97 Å². The summed E-state index contributed by atoms with van der Waals surface area (Å²) >= 11 is 0. The van der Waals surface area contributed by atoms with Crippen LogP contribution in [0, 0.1) is 0 Å². The Morgan fingerprint density at radius 3 is 2.71 bits per heavy atom. The number of nitrogens with one attached hydrogen (secondary N) is 2. The molecule has 0 aliphatic carbocycles. The Hall–Kier alpha value is -3.81. The SMILES string of the molecule is CC(Nc1ncnc2cnc(NC(=O)C=CCC(=O)O)cc12)c1ccccc1. The van der Waals surface area contributed by atoms with Crippen LogP contribution in [0.15, 0.2) is 61.1 Å². The monoisotopic (exact) mass is 377 g/mol.